The van der Waals surface area contributed by atoms with E-state index in [1.165, 1.54) is 12.1 Å². The summed E-state index contributed by atoms with van der Waals surface area (Å²) in [6.07, 6.45) is -4.60. The van der Waals surface area contributed by atoms with E-state index in [4.69, 9.17) is 5.11 Å². The van der Waals surface area contributed by atoms with Gasteiger partial charge in [-0.2, -0.15) is 22.8 Å². The van der Waals surface area contributed by atoms with Gasteiger partial charge in [0.2, 0.25) is 4.96 Å². The molecule has 0 unspecified atom stereocenters. The van der Waals surface area contributed by atoms with E-state index in [0.29, 0.717) is 15.1 Å². The Hall–Kier alpha value is -2.16. The van der Waals surface area contributed by atoms with Crippen LogP contribution in [0.15, 0.2) is 24.3 Å². The minimum atomic E-state index is -4.60. The largest absolute Gasteiger partial charge is 0.508 e. The first-order valence-corrected chi connectivity index (χ1v) is 5.85. The maximum Gasteiger partial charge on any atom is 0.453 e. The zero-order valence-corrected chi connectivity index (χ0v) is 9.90. The van der Waals surface area contributed by atoms with E-state index in [1.807, 2.05) is 0 Å². The van der Waals surface area contributed by atoms with Crippen molar-refractivity contribution >= 4 is 16.3 Å². The summed E-state index contributed by atoms with van der Waals surface area (Å²) in [4.78, 5) is 0.0652. The molecule has 0 bridgehead atoms. The number of halogens is 3. The highest BCUT2D eigenvalue weighted by atomic mass is 32.1. The van der Waals surface area contributed by atoms with Crippen molar-refractivity contribution in [1.29, 1.82) is 0 Å². The van der Waals surface area contributed by atoms with Gasteiger partial charge in [0.15, 0.2) is 0 Å². The molecule has 19 heavy (non-hydrogen) atoms. The number of phenols is 1. The Kier molecular flexibility index (Phi) is 2.45. The van der Waals surface area contributed by atoms with Crippen molar-refractivity contribution in [2.45, 2.75) is 6.18 Å². The summed E-state index contributed by atoms with van der Waals surface area (Å²) < 4.78 is 38.5. The molecule has 1 N–H and O–H groups in total. The van der Waals surface area contributed by atoms with Gasteiger partial charge >= 0.3 is 6.18 Å². The quantitative estimate of drug-likeness (QED) is 0.746. The third-order valence-electron chi connectivity index (χ3n) is 2.36. The lowest BCUT2D eigenvalue weighted by Crippen LogP contribution is -2.11. The monoisotopic (exact) mass is 286 g/mol. The van der Waals surface area contributed by atoms with E-state index in [9.17, 15) is 13.2 Å². The average molecular weight is 286 g/mol. The number of alkyl halides is 3. The molecule has 0 radical (unpaired) electrons. The Morgan fingerprint density at radius 2 is 1.79 bits per heavy atom. The van der Waals surface area contributed by atoms with E-state index < -0.39 is 12.0 Å². The number of hydrogen-bond acceptors (Lipinski definition) is 5. The molecule has 2 heterocycles. The van der Waals surface area contributed by atoms with E-state index in [-0.39, 0.29) is 10.7 Å². The van der Waals surface area contributed by atoms with Crippen LogP contribution in [-0.2, 0) is 6.18 Å². The summed E-state index contributed by atoms with van der Waals surface area (Å²) in [5.74, 6) is -1.08. The molecular formula is C10H5F3N4OS. The summed E-state index contributed by atoms with van der Waals surface area (Å²) in [6.45, 7) is 0. The number of aromatic nitrogens is 4. The molecule has 0 spiro atoms. The first-order chi connectivity index (χ1) is 8.95. The third kappa shape index (κ3) is 2.01. The molecule has 9 heteroatoms. The van der Waals surface area contributed by atoms with Gasteiger partial charge in [0.05, 0.1) is 0 Å². The van der Waals surface area contributed by atoms with Crippen LogP contribution in [0, 0.1) is 0 Å². The van der Waals surface area contributed by atoms with E-state index in [1.54, 1.807) is 12.1 Å². The molecule has 2 aromatic heterocycles. The van der Waals surface area contributed by atoms with Crippen LogP contribution in [0.1, 0.15) is 5.82 Å². The summed E-state index contributed by atoms with van der Waals surface area (Å²) in [5, 5.41) is 19.9. The normalized spacial score (nSPS) is 12.2. The SMILES string of the molecule is Oc1ccc(-c2nn3c(C(F)(F)F)nnc3s2)cc1. The molecule has 0 atom stereocenters. The number of rotatable bonds is 1. The number of nitrogens with zero attached hydrogens (tertiary/aromatic N) is 4. The highest BCUT2D eigenvalue weighted by Gasteiger charge is 2.38. The predicted octanol–water partition coefficient (Wildman–Crippen LogP) is 2.58. The number of aromatic hydroxyl groups is 1. The van der Waals surface area contributed by atoms with Crippen molar-refractivity contribution in [1.82, 2.24) is 19.8 Å². The van der Waals surface area contributed by atoms with Crippen LogP contribution >= 0.6 is 11.3 Å². The molecule has 0 fully saturated rings. The van der Waals surface area contributed by atoms with Crippen LogP contribution in [0.2, 0.25) is 0 Å². The lowest BCUT2D eigenvalue weighted by atomic mass is 10.2. The van der Waals surface area contributed by atoms with Crippen LogP contribution in [0.5, 0.6) is 5.75 Å². The lowest BCUT2D eigenvalue weighted by molar-refractivity contribution is -0.146. The first-order valence-electron chi connectivity index (χ1n) is 5.04. The number of hydrogen-bond donors (Lipinski definition) is 1. The Bertz CT molecular complexity index is 731. The zero-order valence-electron chi connectivity index (χ0n) is 9.09. The molecule has 0 aliphatic carbocycles. The Morgan fingerprint density at radius 1 is 1.11 bits per heavy atom. The summed E-state index contributed by atoms with van der Waals surface area (Å²) >= 11 is 0.990. The minimum absolute atomic E-state index is 0.0652. The molecule has 0 amide bonds. The fourth-order valence-electron chi connectivity index (χ4n) is 1.51. The predicted molar refractivity (Wildman–Crippen MR) is 60.8 cm³/mol. The number of phenolic OH excluding ortho intramolecular Hbond substituents is 1. The van der Waals surface area contributed by atoms with Gasteiger partial charge in [0.25, 0.3) is 5.82 Å². The molecule has 5 nitrogen and oxygen atoms in total. The van der Waals surface area contributed by atoms with Crippen LogP contribution in [0.4, 0.5) is 13.2 Å². The molecule has 0 saturated carbocycles. The van der Waals surface area contributed by atoms with Crippen LogP contribution in [-0.4, -0.2) is 24.9 Å². The van der Waals surface area contributed by atoms with Crippen LogP contribution < -0.4 is 0 Å². The second-order valence-electron chi connectivity index (χ2n) is 3.67. The second-order valence-corrected chi connectivity index (χ2v) is 4.63. The molecule has 0 aliphatic heterocycles. The van der Waals surface area contributed by atoms with Crippen molar-refractivity contribution in [2.24, 2.45) is 0 Å². The van der Waals surface area contributed by atoms with Gasteiger partial charge in [0, 0.05) is 5.56 Å². The fourth-order valence-corrected chi connectivity index (χ4v) is 2.36. The van der Waals surface area contributed by atoms with Crippen molar-refractivity contribution < 1.29 is 18.3 Å². The molecule has 0 saturated heterocycles. The van der Waals surface area contributed by atoms with Crippen molar-refractivity contribution in [3.63, 3.8) is 0 Å². The van der Waals surface area contributed by atoms with Crippen LogP contribution in [0.25, 0.3) is 15.5 Å². The maximum atomic E-state index is 12.6. The summed E-state index contributed by atoms with van der Waals surface area (Å²) in [6, 6.07) is 5.99. The van der Waals surface area contributed by atoms with Gasteiger partial charge < -0.3 is 5.11 Å². The van der Waals surface area contributed by atoms with Crippen molar-refractivity contribution in [3.05, 3.63) is 30.1 Å². The van der Waals surface area contributed by atoms with Crippen LogP contribution in [0.3, 0.4) is 0 Å². The first kappa shape index (κ1) is 11.9. The third-order valence-corrected chi connectivity index (χ3v) is 3.31. The average Bonchev–Trinajstić information content (AvgIpc) is 2.87. The highest BCUT2D eigenvalue weighted by Crippen LogP contribution is 2.31. The van der Waals surface area contributed by atoms with Gasteiger partial charge in [-0.25, -0.2) is 0 Å². The standard InChI is InChI=1S/C10H5F3N4OS/c11-10(12,13)8-14-15-9-17(8)16-7(19-9)5-1-3-6(18)4-2-5/h1-4,18H. The zero-order chi connectivity index (χ0) is 13.6. The van der Waals surface area contributed by atoms with Gasteiger partial charge in [-0.1, -0.05) is 11.3 Å². The molecule has 0 aliphatic rings. The Labute approximate surface area is 107 Å². The minimum Gasteiger partial charge on any atom is -0.508 e. The molecule has 1 aromatic carbocycles. The fraction of sp³-hybridized carbons (Fsp3) is 0.100. The smallest absolute Gasteiger partial charge is 0.453 e. The highest BCUT2D eigenvalue weighted by molar-refractivity contribution is 7.19. The van der Waals surface area contributed by atoms with Gasteiger partial charge in [-0.3, -0.25) is 0 Å². The van der Waals surface area contributed by atoms with Gasteiger partial charge in [-0.15, -0.1) is 10.2 Å². The lowest BCUT2D eigenvalue weighted by Gasteiger charge is -2.00. The van der Waals surface area contributed by atoms with E-state index in [0.717, 1.165) is 11.3 Å². The molecular weight excluding hydrogens is 281 g/mol. The molecule has 3 rings (SSSR count). The van der Waals surface area contributed by atoms with Gasteiger partial charge in [0.1, 0.15) is 10.8 Å². The second kappa shape index (κ2) is 3.92. The van der Waals surface area contributed by atoms with E-state index >= 15 is 0 Å². The Morgan fingerprint density at radius 3 is 2.42 bits per heavy atom. The topological polar surface area (TPSA) is 63.3 Å². The van der Waals surface area contributed by atoms with Crippen molar-refractivity contribution in [2.75, 3.05) is 0 Å². The number of fused-ring (bicyclic) bond motifs is 1. The Balaban J connectivity index is 2.12. The molecule has 98 valence electrons. The summed E-state index contributed by atoms with van der Waals surface area (Å²) in [5.41, 5.74) is 0.599. The number of benzene rings is 1. The van der Waals surface area contributed by atoms with Gasteiger partial charge in [-0.05, 0) is 24.3 Å². The van der Waals surface area contributed by atoms with Crippen molar-refractivity contribution in [3.8, 4) is 16.3 Å². The molecule has 3 aromatic rings. The summed E-state index contributed by atoms with van der Waals surface area (Å²) in [7, 11) is 0. The maximum absolute atomic E-state index is 12.6. The van der Waals surface area contributed by atoms with E-state index in [2.05, 4.69) is 15.3 Å².